The van der Waals surface area contributed by atoms with Crippen LogP contribution in [-0.4, -0.2) is 71.2 Å². The van der Waals surface area contributed by atoms with Crippen molar-refractivity contribution < 1.29 is 27.5 Å². The maximum atomic E-state index is 13.1. The molecule has 1 aliphatic carbocycles. The Bertz CT molecular complexity index is 1100. The third-order valence-electron chi connectivity index (χ3n) is 7.18. The first-order valence-electron chi connectivity index (χ1n) is 11.8. The number of nitrogens with zero attached hydrogens (tertiary/aromatic N) is 3. The minimum absolute atomic E-state index is 0.0449. The second-order valence-corrected chi connectivity index (χ2v) is 9.44. The van der Waals surface area contributed by atoms with Gasteiger partial charge in [-0.3, -0.25) is 9.69 Å². The fourth-order valence-electron chi connectivity index (χ4n) is 5.24. The predicted octanol–water partition coefficient (Wildman–Crippen LogP) is 2.53. The van der Waals surface area contributed by atoms with E-state index >= 15 is 0 Å². The number of aromatic nitrogens is 2. The summed E-state index contributed by atoms with van der Waals surface area (Å²) in [5.74, 6) is 0.395. The van der Waals surface area contributed by atoms with Gasteiger partial charge in [-0.25, -0.2) is 14.8 Å². The molecule has 0 spiro atoms. The van der Waals surface area contributed by atoms with Crippen LogP contribution in [0.25, 0.3) is 10.9 Å². The number of benzene rings is 1. The second-order valence-electron chi connectivity index (χ2n) is 9.44. The monoisotopic (exact) mass is 492 g/mol. The van der Waals surface area contributed by atoms with Crippen molar-refractivity contribution in [1.29, 1.82) is 0 Å². The number of alkyl carbamates (subject to hydrolysis) is 1. The molecular formula is C23H27F3N6O3. The number of rotatable bonds is 6. The van der Waals surface area contributed by atoms with Gasteiger partial charge < -0.3 is 20.7 Å². The minimum atomic E-state index is -4.48. The number of anilines is 1. The quantitative estimate of drug-likeness (QED) is 0.569. The normalized spacial score (nSPS) is 25.6. The highest BCUT2D eigenvalue weighted by Gasteiger charge is 2.38. The summed E-state index contributed by atoms with van der Waals surface area (Å²) in [6, 6.07) is 3.89. The zero-order valence-corrected chi connectivity index (χ0v) is 19.0. The van der Waals surface area contributed by atoms with Crippen molar-refractivity contribution in [2.75, 3.05) is 31.6 Å². The molecule has 2 saturated heterocycles. The lowest BCUT2D eigenvalue weighted by molar-refractivity contribution is -0.137. The van der Waals surface area contributed by atoms with Crippen LogP contribution in [0.5, 0.6) is 0 Å². The van der Waals surface area contributed by atoms with Gasteiger partial charge in [0, 0.05) is 24.5 Å². The number of ether oxygens (including phenoxy) is 1. The number of nitrogens with one attached hydrogen (secondary N) is 3. The van der Waals surface area contributed by atoms with Gasteiger partial charge >= 0.3 is 12.3 Å². The molecule has 2 amide bonds. The van der Waals surface area contributed by atoms with Crippen LogP contribution < -0.4 is 16.0 Å². The summed E-state index contributed by atoms with van der Waals surface area (Å²) in [4.78, 5) is 34.1. The Kier molecular flexibility index (Phi) is 6.39. The molecule has 1 aromatic carbocycles. The smallest absolute Gasteiger partial charge is 0.416 e. The Balaban J connectivity index is 1.07. The van der Waals surface area contributed by atoms with E-state index < -0.39 is 11.7 Å². The van der Waals surface area contributed by atoms with E-state index in [-0.39, 0.29) is 41.8 Å². The van der Waals surface area contributed by atoms with Crippen molar-refractivity contribution in [2.45, 2.75) is 50.0 Å². The van der Waals surface area contributed by atoms with Crippen LogP contribution in [0.1, 0.15) is 31.2 Å². The van der Waals surface area contributed by atoms with Gasteiger partial charge in [-0.2, -0.15) is 13.2 Å². The van der Waals surface area contributed by atoms with Gasteiger partial charge in [-0.15, -0.1) is 0 Å². The van der Waals surface area contributed by atoms with Crippen LogP contribution in [0.15, 0.2) is 24.5 Å². The maximum Gasteiger partial charge on any atom is 0.416 e. The Morgan fingerprint density at radius 2 is 1.94 bits per heavy atom. The van der Waals surface area contributed by atoms with Gasteiger partial charge in [0.1, 0.15) is 18.8 Å². The Morgan fingerprint density at radius 3 is 2.63 bits per heavy atom. The first-order valence-corrected chi connectivity index (χ1v) is 11.8. The van der Waals surface area contributed by atoms with E-state index in [1.807, 2.05) is 0 Å². The molecule has 12 heteroatoms. The molecule has 1 atom stereocenters. The van der Waals surface area contributed by atoms with E-state index in [1.54, 1.807) is 0 Å². The van der Waals surface area contributed by atoms with E-state index in [0.29, 0.717) is 24.1 Å². The highest BCUT2D eigenvalue weighted by Crippen LogP contribution is 2.34. The number of alkyl halides is 3. The fraction of sp³-hybridized carbons (Fsp3) is 0.565. The van der Waals surface area contributed by atoms with Crippen molar-refractivity contribution in [3.8, 4) is 0 Å². The summed E-state index contributed by atoms with van der Waals surface area (Å²) in [7, 11) is 0. The van der Waals surface area contributed by atoms with Gasteiger partial charge in [0.2, 0.25) is 5.91 Å². The highest BCUT2D eigenvalue weighted by molar-refractivity contribution is 5.91. The van der Waals surface area contributed by atoms with Crippen molar-refractivity contribution in [3.05, 3.63) is 30.1 Å². The Morgan fingerprint density at radius 1 is 1.17 bits per heavy atom. The van der Waals surface area contributed by atoms with Gasteiger partial charge in [-0.1, -0.05) is 0 Å². The number of hydrogen-bond acceptors (Lipinski definition) is 7. The van der Waals surface area contributed by atoms with E-state index in [9.17, 15) is 22.8 Å². The lowest BCUT2D eigenvalue weighted by Crippen LogP contribution is -2.63. The average Bonchev–Trinajstić information content (AvgIpc) is 3.25. The number of amides is 2. The van der Waals surface area contributed by atoms with Gasteiger partial charge in [-0.05, 0) is 49.8 Å². The molecule has 188 valence electrons. The fourth-order valence-corrected chi connectivity index (χ4v) is 5.24. The van der Waals surface area contributed by atoms with Gasteiger partial charge in [0.05, 0.1) is 29.7 Å². The molecule has 1 saturated carbocycles. The molecular weight excluding hydrogens is 465 g/mol. The third kappa shape index (κ3) is 5.26. The van der Waals surface area contributed by atoms with Crippen LogP contribution in [0.4, 0.5) is 23.8 Å². The van der Waals surface area contributed by atoms with E-state index in [4.69, 9.17) is 4.74 Å². The first-order chi connectivity index (χ1) is 16.8. The van der Waals surface area contributed by atoms with Crippen LogP contribution in [0, 0.1) is 5.92 Å². The average molecular weight is 493 g/mol. The molecule has 1 aromatic heterocycles. The number of carbonyl (C=O) groups excluding carboxylic acids is 2. The summed E-state index contributed by atoms with van der Waals surface area (Å²) in [5, 5.41) is 8.91. The molecule has 3 N–H and O–H groups in total. The van der Waals surface area contributed by atoms with Crippen molar-refractivity contribution in [2.24, 2.45) is 5.92 Å². The molecule has 5 rings (SSSR count). The molecule has 3 aliphatic rings. The summed E-state index contributed by atoms with van der Waals surface area (Å²) >= 11 is 0. The highest BCUT2D eigenvalue weighted by atomic mass is 19.4. The molecule has 0 radical (unpaired) electrons. The molecule has 0 bridgehead atoms. The third-order valence-corrected chi connectivity index (χ3v) is 7.18. The summed E-state index contributed by atoms with van der Waals surface area (Å²) in [5.41, 5.74) is -0.430. The van der Waals surface area contributed by atoms with Crippen molar-refractivity contribution in [1.82, 2.24) is 25.5 Å². The van der Waals surface area contributed by atoms with Crippen LogP contribution in [0.3, 0.4) is 0 Å². The Hall–Kier alpha value is -3.15. The molecule has 1 unspecified atom stereocenters. The number of carbonyl (C=O) groups is 2. The van der Waals surface area contributed by atoms with Crippen molar-refractivity contribution in [3.63, 3.8) is 0 Å². The molecule has 2 aliphatic heterocycles. The SMILES string of the molecule is O=C(CNc1ncnc2ccc(C(F)(F)F)cc12)NC1CN([C@H]2CC[C@@H](C3COC(=O)N3)CC2)C1. The van der Waals surface area contributed by atoms with Gasteiger partial charge in [0.25, 0.3) is 0 Å². The molecule has 2 aromatic rings. The Labute approximate surface area is 199 Å². The topological polar surface area (TPSA) is 108 Å². The zero-order chi connectivity index (χ0) is 24.6. The summed E-state index contributed by atoms with van der Waals surface area (Å²) < 4.78 is 44.2. The maximum absolute atomic E-state index is 13.1. The number of halogens is 3. The molecule has 35 heavy (non-hydrogen) atoms. The van der Waals surface area contributed by atoms with Crippen molar-refractivity contribution >= 4 is 28.7 Å². The number of likely N-dealkylation sites (tertiary alicyclic amines) is 1. The standard InChI is InChI=1S/C23H27F3N6O3/c24-23(25,26)14-3-6-18-17(7-14)21(29-12-28-18)27-8-20(33)30-15-9-32(10-15)16-4-1-13(2-5-16)19-11-35-22(34)31-19/h3,6-7,12-13,15-16,19H,1-2,4-5,8-11H2,(H,30,33)(H,31,34)(H,27,28,29)/t13-,16+,19?. The van der Waals surface area contributed by atoms with E-state index in [0.717, 1.165) is 50.9 Å². The van der Waals surface area contributed by atoms with E-state index in [2.05, 4.69) is 30.8 Å². The van der Waals surface area contributed by atoms with Crippen LogP contribution in [-0.2, 0) is 15.7 Å². The number of hydrogen-bond donors (Lipinski definition) is 3. The minimum Gasteiger partial charge on any atom is -0.447 e. The number of cyclic esters (lactones) is 1. The zero-order valence-electron chi connectivity index (χ0n) is 19.0. The second kappa shape index (κ2) is 9.48. The molecule has 9 nitrogen and oxygen atoms in total. The van der Waals surface area contributed by atoms with Crippen LogP contribution >= 0.6 is 0 Å². The number of fused-ring (bicyclic) bond motifs is 1. The first kappa shape index (κ1) is 23.6. The lowest BCUT2D eigenvalue weighted by Gasteiger charge is -2.47. The largest absolute Gasteiger partial charge is 0.447 e. The lowest BCUT2D eigenvalue weighted by atomic mass is 9.80. The van der Waals surface area contributed by atoms with E-state index in [1.165, 1.54) is 12.4 Å². The molecule has 3 fully saturated rings. The summed E-state index contributed by atoms with van der Waals surface area (Å²) in [6.45, 7) is 1.90. The molecule has 3 heterocycles. The van der Waals surface area contributed by atoms with Gasteiger partial charge in [0.15, 0.2) is 0 Å². The van der Waals surface area contributed by atoms with Crippen LogP contribution in [0.2, 0.25) is 0 Å². The predicted molar refractivity (Wildman–Crippen MR) is 121 cm³/mol. The summed E-state index contributed by atoms with van der Waals surface area (Å²) in [6.07, 6.45) is 0.641.